The van der Waals surface area contributed by atoms with Crippen molar-refractivity contribution in [2.45, 2.75) is 23.6 Å². The van der Waals surface area contributed by atoms with Crippen LogP contribution < -0.4 is 15.8 Å². The molecule has 6 nitrogen and oxygen atoms in total. The van der Waals surface area contributed by atoms with Gasteiger partial charge in [-0.05, 0) is 49.7 Å². The molecule has 0 aliphatic heterocycles. The number of aryl methyl sites for hydroxylation is 2. The number of hydrogen-bond acceptors (Lipinski definition) is 7. The van der Waals surface area contributed by atoms with Gasteiger partial charge >= 0.3 is 0 Å². The lowest BCUT2D eigenvalue weighted by Crippen LogP contribution is -2.10. The maximum Gasteiger partial charge on any atom is 0.211 e. The minimum Gasteiger partial charge on any atom is -0.495 e. The molecule has 1 aromatic heterocycles. The molecule has 4 aromatic rings. The zero-order chi connectivity index (χ0) is 25.3. The molecule has 0 unspecified atom stereocenters. The predicted molar refractivity (Wildman–Crippen MR) is 141 cm³/mol. The maximum absolute atomic E-state index is 13.9. The molecule has 4 rings (SSSR count). The number of rotatable bonds is 7. The molecule has 3 aromatic carbocycles. The molecule has 180 valence electrons. The fourth-order valence-electron chi connectivity index (χ4n) is 3.80. The molecule has 0 amide bonds. The normalized spacial score (nSPS) is 11.3. The van der Waals surface area contributed by atoms with Crippen LogP contribution >= 0.6 is 22.9 Å². The molecule has 9 heteroatoms. The summed E-state index contributed by atoms with van der Waals surface area (Å²) in [5.74, 6) is 0.0524. The van der Waals surface area contributed by atoms with Crippen LogP contribution in [0.3, 0.4) is 0 Å². The van der Waals surface area contributed by atoms with E-state index in [2.05, 4.69) is 5.32 Å². The third-order valence-electron chi connectivity index (χ3n) is 5.47. The van der Waals surface area contributed by atoms with Crippen molar-refractivity contribution in [1.29, 1.82) is 0 Å². The van der Waals surface area contributed by atoms with E-state index in [0.29, 0.717) is 17.0 Å². The Balaban J connectivity index is 1.95. The number of hydrogen-bond donors (Lipinski definition) is 2. The minimum atomic E-state index is -4.10. The molecule has 0 saturated carbocycles. The van der Waals surface area contributed by atoms with Crippen LogP contribution in [-0.2, 0) is 9.84 Å². The quantitative estimate of drug-likeness (QED) is 0.270. The number of anilines is 3. The standard InChI is InChI=1S/C26H23ClN2O4S2/c1-15-12-13-21(16(2)14-15)35(31,32)25-22(28)24(23(30)17-8-4-5-9-18(17)27)34-26(25)29-19-10-6-7-11-20(19)33-3/h4-14,29H,28H2,1-3H3. The molecule has 0 fully saturated rings. The summed E-state index contributed by atoms with van der Waals surface area (Å²) in [7, 11) is -2.58. The molecule has 0 spiro atoms. The monoisotopic (exact) mass is 526 g/mol. The Bertz CT molecular complexity index is 1540. The van der Waals surface area contributed by atoms with Gasteiger partial charge in [-0.25, -0.2) is 8.42 Å². The highest BCUT2D eigenvalue weighted by atomic mass is 35.5. The topological polar surface area (TPSA) is 98.5 Å². The van der Waals surface area contributed by atoms with E-state index in [1.165, 1.54) is 7.11 Å². The first kappa shape index (κ1) is 24.8. The number of para-hydroxylation sites is 2. The number of benzene rings is 3. The minimum absolute atomic E-state index is 0.0823. The molecule has 0 radical (unpaired) electrons. The number of methoxy groups -OCH3 is 1. The van der Waals surface area contributed by atoms with Gasteiger partial charge in [0.1, 0.15) is 20.5 Å². The summed E-state index contributed by atoms with van der Waals surface area (Å²) in [5.41, 5.74) is 8.57. The van der Waals surface area contributed by atoms with Gasteiger partial charge in [-0.1, -0.05) is 53.6 Å². The van der Waals surface area contributed by atoms with E-state index in [-0.39, 0.29) is 35.9 Å². The van der Waals surface area contributed by atoms with Crippen molar-refractivity contribution in [3.63, 3.8) is 0 Å². The lowest BCUT2D eigenvalue weighted by Gasteiger charge is -2.13. The highest BCUT2D eigenvalue weighted by molar-refractivity contribution is 7.92. The molecule has 3 N–H and O–H groups in total. The van der Waals surface area contributed by atoms with Crippen LogP contribution in [0.5, 0.6) is 5.75 Å². The second-order valence-electron chi connectivity index (χ2n) is 7.91. The zero-order valence-electron chi connectivity index (χ0n) is 19.3. The number of ether oxygens (including phenoxy) is 1. The fraction of sp³-hybridized carbons (Fsp3) is 0.115. The molecule has 0 atom stereocenters. The number of halogens is 1. The van der Waals surface area contributed by atoms with Gasteiger partial charge in [0.25, 0.3) is 0 Å². The number of nitrogen functional groups attached to an aromatic ring is 1. The van der Waals surface area contributed by atoms with E-state index in [1.54, 1.807) is 73.7 Å². The van der Waals surface area contributed by atoms with Crippen LogP contribution in [0.2, 0.25) is 5.02 Å². The van der Waals surface area contributed by atoms with Crippen molar-refractivity contribution in [2.75, 3.05) is 18.2 Å². The van der Waals surface area contributed by atoms with Crippen LogP contribution in [0, 0.1) is 13.8 Å². The van der Waals surface area contributed by atoms with Crippen LogP contribution in [0.25, 0.3) is 0 Å². The van der Waals surface area contributed by atoms with Crippen LogP contribution in [-0.4, -0.2) is 21.3 Å². The van der Waals surface area contributed by atoms with Crippen LogP contribution in [0.15, 0.2) is 76.5 Å². The molecule has 0 saturated heterocycles. The largest absolute Gasteiger partial charge is 0.495 e. The molecular formula is C26H23ClN2O4S2. The average Bonchev–Trinajstić information content (AvgIpc) is 3.15. The summed E-state index contributed by atoms with van der Waals surface area (Å²) in [6.45, 7) is 3.61. The predicted octanol–water partition coefficient (Wildman–Crippen LogP) is 6.42. The van der Waals surface area contributed by atoms with Gasteiger partial charge in [0.2, 0.25) is 15.6 Å². The lowest BCUT2D eigenvalue weighted by molar-refractivity contribution is 0.104. The summed E-state index contributed by atoms with van der Waals surface area (Å²) < 4.78 is 33.2. The highest BCUT2D eigenvalue weighted by Gasteiger charge is 2.33. The Morgan fingerprint density at radius 1 is 1.03 bits per heavy atom. The Labute approximate surface area is 213 Å². The number of carbonyl (C=O) groups excluding carboxylic acids is 1. The van der Waals surface area contributed by atoms with Crippen LogP contribution in [0.4, 0.5) is 16.4 Å². The van der Waals surface area contributed by atoms with Crippen LogP contribution in [0.1, 0.15) is 26.4 Å². The zero-order valence-corrected chi connectivity index (χ0v) is 21.6. The van der Waals surface area contributed by atoms with E-state index < -0.39 is 15.6 Å². The fourth-order valence-corrected chi connectivity index (χ4v) is 7.15. The number of nitrogens with two attached hydrogens (primary N) is 1. The van der Waals surface area contributed by atoms with Gasteiger partial charge in [0, 0.05) is 5.56 Å². The Hall–Kier alpha value is -3.33. The van der Waals surface area contributed by atoms with E-state index in [4.69, 9.17) is 22.1 Å². The van der Waals surface area contributed by atoms with Crippen molar-refractivity contribution < 1.29 is 17.9 Å². The molecule has 1 heterocycles. The highest BCUT2D eigenvalue weighted by Crippen LogP contribution is 2.45. The second-order valence-corrected chi connectivity index (χ2v) is 11.2. The first-order valence-electron chi connectivity index (χ1n) is 10.6. The van der Waals surface area contributed by atoms with E-state index in [1.807, 2.05) is 6.92 Å². The molecule has 35 heavy (non-hydrogen) atoms. The van der Waals surface area contributed by atoms with Gasteiger partial charge in [-0.3, -0.25) is 4.79 Å². The maximum atomic E-state index is 13.9. The summed E-state index contributed by atoms with van der Waals surface area (Å²) in [5, 5.41) is 3.59. The summed E-state index contributed by atoms with van der Waals surface area (Å²) in [6, 6.07) is 18.7. The van der Waals surface area contributed by atoms with Gasteiger partial charge in [-0.15, -0.1) is 11.3 Å². The van der Waals surface area contributed by atoms with Crippen molar-refractivity contribution in [1.82, 2.24) is 0 Å². The van der Waals surface area contributed by atoms with E-state index in [0.717, 1.165) is 16.9 Å². The van der Waals surface area contributed by atoms with E-state index in [9.17, 15) is 13.2 Å². The molecular weight excluding hydrogens is 504 g/mol. The number of nitrogens with one attached hydrogen (secondary N) is 1. The summed E-state index contributed by atoms with van der Waals surface area (Å²) in [4.78, 5) is 13.4. The van der Waals surface area contributed by atoms with Crippen molar-refractivity contribution >= 4 is 54.9 Å². The van der Waals surface area contributed by atoms with Crippen molar-refractivity contribution in [3.8, 4) is 5.75 Å². The Kier molecular flexibility index (Phi) is 6.89. The number of ketones is 1. The van der Waals surface area contributed by atoms with Gasteiger partial charge < -0.3 is 15.8 Å². The lowest BCUT2D eigenvalue weighted by atomic mass is 10.1. The Morgan fingerprint density at radius 2 is 1.71 bits per heavy atom. The SMILES string of the molecule is COc1ccccc1Nc1sc(C(=O)c2ccccc2Cl)c(N)c1S(=O)(=O)c1ccc(C)cc1C. The van der Waals surface area contributed by atoms with E-state index >= 15 is 0 Å². The number of carbonyl (C=O) groups is 1. The third kappa shape index (κ3) is 4.65. The smallest absolute Gasteiger partial charge is 0.211 e. The van der Waals surface area contributed by atoms with Crippen molar-refractivity contribution in [3.05, 3.63) is 93.3 Å². The van der Waals surface area contributed by atoms with Gasteiger partial charge in [0.15, 0.2) is 0 Å². The van der Waals surface area contributed by atoms with Gasteiger partial charge in [0.05, 0.1) is 28.4 Å². The average molecular weight is 527 g/mol. The third-order valence-corrected chi connectivity index (χ3v) is 9.05. The first-order chi connectivity index (χ1) is 16.6. The summed E-state index contributed by atoms with van der Waals surface area (Å²) >= 11 is 7.21. The Morgan fingerprint density at radius 3 is 2.40 bits per heavy atom. The number of thiophene rings is 1. The first-order valence-corrected chi connectivity index (χ1v) is 13.3. The number of sulfone groups is 1. The molecule has 0 bridgehead atoms. The molecule has 0 aliphatic rings. The van der Waals surface area contributed by atoms with Crippen molar-refractivity contribution in [2.24, 2.45) is 0 Å². The van der Waals surface area contributed by atoms with Gasteiger partial charge in [-0.2, -0.15) is 0 Å². The second kappa shape index (κ2) is 9.73. The molecule has 0 aliphatic carbocycles. The summed E-state index contributed by atoms with van der Waals surface area (Å²) in [6.07, 6.45) is 0.